The number of rotatable bonds is 4. The Morgan fingerprint density at radius 1 is 1.21 bits per heavy atom. The minimum Gasteiger partial charge on any atom is -0.464 e. The molecule has 0 amide bonds. The average Bonchev–Trinajstić information content (AvgIpc) is 2.33. The number of aryl methyl sites for hydroxylation is 1. The molecule has 1 heterocycles. The van der Waals surface area contributed by atoms with Gasteiger partial charge in [-0.15, -0.1) is 0 Å². The first-order chi connectivity index (χ1) is 9.08. The lowest BCUT2D eigenvalue weighted by Gasteiger charge is -2.09. The van der Waals surface area contributed by atoms with Crippen LogP contribution in [0.15, 0.2) is 18.2 Å². The van der Waals surface area contributed by atoms with Crippen LogP contribution in [-0.4, -0.2) is 21.6 Å². The van der Waals surface area contributed by atoms with E-state index in [1.165, 1.54) is 0 Å². The highest BCUT2D eigenvalue weighted by Crippen LogP contribution is 2.25. The Labute approximate surface area is 121 Å². The van der Waals surface area contributed by atoms with Crippen LogP contribution in [0.2, 0.25) is 10.3 Å². The first kappa shape index (κ1) is 13.8. The molecular weight excluding hydrogens is 287 g/mol. The number of nitrogens with zero attached hydrogens (tertiary/aromatic N) is 3. The van der Waals surface area contributed by atoms with Crippen molar-refractivity contribution < 1.29 is 4.74 Å². The molecule has 0 spiro atoms. The summed E-state index contributed by atoms with van der Waals surface area (Å²) in [6, 6.07) is 5.78. The van der Waals surface area contributed by atoms with E-state index in [4.69, 9.17) is 27.9 Å². The van der Waals surface area contributed by atoms with Crippen LogP contribution < -0.4 is 10.1 Å². The van der Waals surface area contributed by atoms with Gasteiger partial charge in [-0.1, -0.05) is 17.7 Å². The molecule has 0 aliphatic heterocycles. The predicted octanol–water partition coefficient (Wildman–Crippen LogP) is 3.63. The van der Waals surface area contributed by atoms with Gasteiger partial charge in [0.25, 0.3) is 0 Å². The second-order valence-corrected chi connectivity index (χ2v) is 4.50. The van der Waals surface area contributed by atoms with Crippen LogP contribution >= 0.6 is 23.2 Å². The van der Waals surface area contributed by atoms with Crippen molar-refractivity contribution in [2.24, 2.45) is 0 Å². The maximum Gasteiger partial charge on any atom is 0.322 e. The molecular formula is C12H12Cl2N4O. The van der Waals surface area contributed by atoms with Crippen molar-refractivity contribution in [2.75, 3.05) is 11.9 Å². The van der Waals surface area contributed by atoms with E-state index >= 15 is 0 Å². The zero-order valence-electron chi connectivity index (χ0n) is 10.4. The first-order valence-electron chi connectivity index (χ1n) is 5.66. The fourth-order valence-electron chi connectivity index (χ4n) is 1.44. The summed E-state index contributed by atoms with van der Waals surface area (Å²) in [5.41, 5.74) is 1.77. The van der Waals surface area contributed by atoms with Gasteiger partial charge < -0.3 is 10.1 Å². The average molecular weight is 299 g/mol. The number of nitrogens with one attached hydrogen (secondary N) is 1. The number of ether oxygens (including phenoxy) is 1. The monoisotopic (exact) mass is 298 g/mol. The molecule has 0 fully saturated rings. The molecule has 2 aromatic rings. The molecule has 5 nitrogen and oxygen atoms in total. The van der Waals surface area contributed by atoms with Crippen LogP contribution in [0.1, 0.15) is 12.5 Å². The Bertz CT molecular complexity index is 592. The van der Waals surface area contributed by atoms with Gasteiger partial charge in [-0.05, 0) is 43.1 Å². The van der Waals surface area contributed by atoms with E-state index in [0.29, 0.717) is 17.3 Å². The standard InChI is InChI=1S/C12H12Cl2N4O/c1-3-19-12-17-10(14)16-11(18-12)15-9-6-7(2)4-5-8(9)13/h4-6H,3H2,1-2H3,(H,15,16,17,18). The Morgan fingerprint density at radius 3 is 2.74 bits per heavy atom. The molecule has 19 heavy (non-hydrogen) atoms. The summed E-state index contributed by atoms with van der Waals surface area (Å²) < 4.78 is 5.20. The molecule has 1 aromatic heterocycles. The summed E-state index contributed by atoms with van der Waals surface area (Å²) >= 11 is 11.9. The lowest BCUT2D eigenvalue weighted by Crippen LogP contribution is -2.04. The highest BCUT2D eigenvalue weighted by molar-refractivity contribution is 6.33. The summed E-state index contributed by atoms with van der Waals surface area (Å²) in [7, 11) is 0. The van der Waals surface area contributed by atoms with Gasteiger partial charge in [0.2, 0.25) is 11.2 Å². The molecule has 7 heteroatoms. The van der Waals surface area contributed by atoms with Crippen molar-refractivity contribution in [1.82, 2.24) is 15.0 Å². The number of benzene rings is 1. The summed E-state index contributed by atoms with van der Waals surface area (Å²) in [6.07, 6.45) is 0. The van der Waals surface area contributed by atoms with Crippen molar-refractivity contribution in [3.63, 3.8) is 0 Å². The number of hydrogen-bond acceptors (Lipinski definition) is 5. The van der Waals surface area contributed by atoms with E-state index in [2.05, 4.69) is 20.3 Å². The van der Waals surface area contributed by atoms with Crippen LogP contribution in [0.4, 0.5) is 11.6 Å². The number of hydrogen-bond donors (Lipinski definition) is 1. The molecule has 0 bridgehead atoms. The molecule has 1 N–H and O–H groups in total. The van der Waals surface area contributed by atoms with Crippen LogP contribution in [0, 0.1) is 6.92 Å². The van der Waals surface area contributed by atoms with Crippen molar-refractivity contribution in [3.8, 4) is 6.01 Å². The fourth-order valence-corrected chi connectivity index (χ4v) is 1.75. The minimum absolute atomic E-state index is 0.0599. The third kappa shape index (κ3) is 3.68. The van der Waals surface area contributed by atoms with E-state index in [9.17, 15) is 0 Å². The van der Waals surface area contributed by atoms with Gasteiger partial charge in [0.05, 0.1) is 17.3 Å². The second kappa shape index (κ2) is 6.04. The maximum absolute atomic E-state index is 6.09. The normalized spacial score (nSPS) is 10.3. The summed E-state index contributed by atoms with van der Waals surface area (Å²) in [5.74, 6) is 0.288. The summed E-state index contributed by atoms with van der Waals surface area (Å²) in [4.78, 5) is 11.9. The molecule has 2 rings (SSSR count). The van der Waals surface area contributed by atoms with Gasteiger partial charge >= 0.3 is 6.01 Å². The van der Waals surface area contributed by atoms with Gasteiger partial charge in [-0.25, -0.2) is 0 Å². The smallest absolute Gasteiger partial charge is 0.322 e. The Morgan fingerprint density at radius 2 is 2.00 bits per heavy atom. The Kier molecular flexibility index (Phi) is 4.39. The summed E-state index contributed by atoms with van der Waals surface area (Å²) in [6.45, 7) is 4.25. The molecule has 1 aromatic carbocycles. The molecule has 0 aliphatic carbocycles. The lowest BCUT2D eigenvalue weighted by atomic mass is 10.2. The zero-order valence-corrected chi connectivity index (χ0v) is 12.0. The lowest BCUT2D eigenvalue weighted by molar-refractivity contribution is 0.312. The van der Waals surface area contributed by atoms with E-state index < -0.39 is 0 Å². The Balaban J connectivity index is 2.29. The fraction of sp³-hybridized carbons (Fsp3) is 0.250. The zero-order chi connectivity index (χ0) is 13.8. The molecule has 0 saturated heterocycles. The second-order valence-electron chi connectivity index (χ2n) is 3.75. The van der Waals surface area contributed by atoms with Gasteiger partial charge in [0.15, 0.2) is 0 Å². The van der Waals surface area contributed by atoms with E-state index in [1.807, 2.05) is 26.0 Å². The Hall–Kier alpha value is -1.59. The highest BCUT2D eigenvalue weighted by Gasteiger charge is 2.08. The minimum atomic E-state index is 0.0599. The molecule has 0 aliphatic rings. The first-order valence-corrected chi connectivity index (χ1v) is 6.41. The van der Waals surface area contributed by atoms with E-state index in [-0.39, 0.29) is 17.2 Å². The van der Waals surface area contributed by atoms with Crippen molar-refractivity contribution in [3.05, 3.63) is 34.1 Å². The molecule has 100 valence electrons. The van der Waals surface area contributed by atoms with Crippen molar-refractivity contribution in [1.29, 1.82) is 0 Å². The quantitative estimate of drug-likeness (QED) is 0.934. The van der Waals surface area contributed by atoms with E-state index in [0.717, 1.165) is 5.56 Å². The van der Waals surface area contributed by atoms with E-state index in [1.54, 1.807) is 6.07 Å². The third-order valence-electron chi connectivity index (χ3n) is 2.23. The van der Waals surface area contributed by atoms with Crippen LogP contribution in [0.5, 0.6) is 6.01 Å². The van der Waals surface area contributed by atoms with Crippen molar-refractivity contribution >= 4 is 34.8 Å². The third-order valence-corrected chi connectivity index (χ3v) is 2.73. The van der Waals surface area contributed by atoms with Crippen LogP contribution in [0.25, 0.3) is 0 Å². The van der Waals surface area contributed by atoms with Gasteiger partial charge in [0, 0.05) is 0 Å². The maximum atomic E-state index is 6.09. The van der Waals surface area contributed by atoms with Crippen LogP contribution in [0.3, 0.4) is 0 Å². The predicted molar refractivity (Wildman–Crippen MR) is 75.5 cm³/mol. The molecule has 0 radical (unpaired) electrons. The van der Waals surface area contributed by atoms with Crippen molar-refractivity contribution in [2.45, 2.75) is 13.8 Å². The van der Waals surface area contributed by atoms with Crippen LogP contribution in [-0.2, 0) is 0 Å². The molecule has 0 atom stereocenters. The molecule has 0 unspecified atom stereocenters. The van der Waals surface area contributed by atoms with Gasteiger partial charge in [-0.2, -0.15) is 15.0 Å². The largest absolute Gasteiger partial charge is 0.464 e. The SMILES string of the molecule is CCOc1nc(Cl)nc(Nc2cc(C)ccc2Cl)n1. The summed E-state index contributed by atoms with van der Waals surface area (Å²) in [5, 5.41) is 3.62. The molecule has 0 saturated carbocycles. The van der Waals surface area contributed by atoms with Gasteiger partial charge in [0.1, 0.15) is 0 Å². The highest BCUT2D eigenvalue weighted by atomic mass is 35.5. The number of aromatic nitrogens is 3. The topological polar surface area (TPSA) is 59.9 Å². The number of halogens is 2. The number of anilines is 2. The van der Waals surface area contributed by atoms with Gasteiger partial charge in [-0.3, -0.25) is 0 Å².